The Kier molecular flexibility index (Phi) is 3.06. The SMILES string of the molecule is [C-]#[N+]c1ccc2nc(-n3cnc4cc(F)c(F)cc43)n(CC)c2c1. The van der Waals surface area contributed by atoms with E-state index in [9.17, 15) is 8.78 Å². The largest absolute Gasteiger partial charge is 0.311 e. The lowest BCUT2D eigenvalue weighted by Gasteiger charge is -2.07. The molecule has 2 aromatic heterocycles. The predicted molar refractivity (Wildman–Crippen MR) is 86.2 cm³/mol. The van der Waals surface area contributed by atoms with Gasteiger partial charge in [0, 0.05) is 18.7 Å². The first-order valence-corrected chi connectivity index (χ1v) is 7.32. The maximum atomic E-state index is 13.6. The monoisotopic (exact) mass is 323 g/mol. The molecule has 0 fully saturated rings. The molecule has 2 heterocycles. The Hall–Kier alpha value is -3.27. The lowest BCUT2D eigenvalue weighted by atomic mass is 10.3. The van der Waals surface area contributed by atoms with E-state index in [-0.39, 0.29) is 0 Å². The highest BCUT2D eigenvalue weighted by Gasteiger charge is 2.16. The van der Waals surface area contributed by atoms with E-state index in [2.05, 4.69) is 14.8 Å². The summed E-state index contributed by atoms with van der Waals surface area (Å²) >= 11 is 0. The standard InChI is InChI=1S/C17H11F2N5/c1-3-23-15-6-10(20-2)4-5-13(15)22-17(23)24-9-21-14-7-11(18)12(19)8-16(14)24/h4-9H,3H2,1H3. The topological polar surface area (TPSA) is 40.0 Å². The molecule has 0 spiro atoms. The molecule has 0 aliphatic rings. The van der Waals surface area contributed by atoms with Gasteiger partial charge in [-0.05, 0) is 19.1 Å². The lowest BCUT2D eigenvalue weighted by Crippen LogP contribution is -2.05. The van der Waals surface area contributed by atoms with E-state index in [0.717, 1.165) is 23.2 Å². The Morgan fingerprint density at radius 2 is 1.88 bits per heavy atom. The third-order valence-electron chi connectivity index (χ3n) is 3.96. The molecule has 118 valence electrons. The van der Waals surface area contributed by atoms with Crippen molar-refractivity contribution in [2.75, 3.05) is 0 Å². The van der Waals surface area contributed by atoms with Gasteiger partial charge in [0.2, 0.25) is 5.95 Å². The van der Waals surface area contributed by atoms with Crippen molar-refractivity contribution in [2.24, 2.45) is 0 Å². The Morgan fingerprint density at radius 1 is 1.08 bits per heavy atom. The van der Waals surface area contributed by atoms with Gasteiger partial charge in [0.15, 0.2) is 17.3 Å². The third-order valence-corrected chi connectivity index (χ3v) is 3.96. The van der Waals surface area contributed by atoms with Crippen LogP contribution >= 0.6 is 0 Å². The van der Waals surface area contributed by atoms with Gasteiger partial charge in [-0.15, -0.1) is 0 Å². The summed E-state index contributed by atoms with van der Waals surface area (Å²) in [6.45, 7) is 9.71. The summed E-state index contributed by atoms with van der Waals surface area (Å²) in [6, 6.07) is 7.42. The van der Waals surface area contributed by atoms with Gasteiger partial charge in [-0.25, -0.2) is 23.6 Å². The van der Waals surface area contributed by atoms with E-state index in [4.69, 9.17) is 6.57 Å². The number of rotatable bonds is 2. The fraction of sp³-hybridized carbons (Fsp3) is 0.118. The molecule has 0 atom stereocenters. The smallest absolute Gasteiger partial charge is 0.216 e. The van der Waals surface area contributed by atoms with Gasteiger partial charge in [0.05, 0.1) is 28.6 Å². The number of halogens is 2. The summed E-state index contributed by atoms with van der Waals surface area (Å²) < 4.78 is 30.5. The number of imidazole rings is 2. The number of hydrogen-bond acceptors (Lipinski definition) is 2. The van der Waals surface area contributed by atoms with Crippen LogP contribution < -0.4 is 0 Å². The van der Waals surface area contributed by atoms with Gasteiger partial charge in [-0.2, -0.15) is 0 Å². The number of hydrogen-bond donors (Lipinski definition) is 0. The molecule has 0 N–H and O–H groups in total. The molecule has 0 unspecified atom stereocenters. The van der Waals surface area contributed by atoms with Crippen molar-refractivity contribution in [1.29, 1.82) is 0 Å². The number of fused-ring (bicyclic) bond motifs is 2. The van der Waals surface area contributed by atoms with Crippen molar-refractivity contribution in [1.82, 2.24) is 19.1 Å². The summed E-state index contributed by atoms with van der Waals surface area (Å²) in [6.07, 6.45) is 1.49. The maximum absolute atomic E-state index is 13.6. The fourth-order valence-electron chi connectivity index (χ4n) is 2.83. The minimum absolute atomic E-state index is 0.352. The minimum Gasteiger partial charge on any atom is -0.311 e. The van der Waals surface area contributed by atoms with Crippen LogP contribution in [0, 0.1) is 18.2 Å². The molecule has 0 bridgehead atoms. The predicted octanol–water partition coefficient (Wildman–Crippen LogP) is 4.22. The van der Waals surface area contributed by atoms with Crippen molar-refractivity contribution >= 4 is 27.8 Å². The molecule has 24 heavy (non-hydrogen) atoms. The number of nitrogens with zero attached hydrogens (tertiary/aromatic N) is 5. The first-order valence-electron chi connectivity index (χ1n) is 7.32. The molecule has 0 radical (unpaired) electrons. The first kappa shape index (κ1) is 14.3. The van der Waals surface area contributed by atoms with Crippen LogP contribution in [0.25, 0.3) is 32.9 Å². The highest BCUT2D eigenvalue weighted by Crippen LogP contribution is 2.26. The van der Waals surface area contributed by atoms with Gasteiger partial charge < -0.3 is 4.57 Å². The van der Waals surface area contributed by atoms with Crippen LogP contribution in [0.3, 0.4) is 0 Å². The molecule has 4 rings (SSSR count). The van der Waals surface area contributed by atoms with Crippen molar-refractivity contribution in [2.45, 2.75) is 13.5 Å². The summed E-state index contributed by atoms with van der Waals surface area (Å²) in [5.74, 6) is -1.32. The number of aryl methyl sites for hydroxylation is 1. The Balaban J connectivity index is 2.03. The molecule has 7 heteroatoms. The second-order valence-electron chi connectivity index (χ2n) is 5.31. The zero-order valence-electron chi connectivity index (χ0n) is 12.7. The van der Waals surface area contributed by atoms with E-state index in [1.807, 2.05) is 11.5 Å². The highest BCUT2D eigenvalue weighted by atomic mass is 19.2. The molecule has 0 saturated carbocycles. The second-order valence-corrected chi connectivity index (χ2v) is 5.31. The zero-order valence-corrected chi connectivity index (χ0v) is 12.7. The molecule has 0 saturated heterocycles. The van der Waals surface area contributed by atoms with Gasteiger partial charge in [-0.1, -0.05) is 6.07 Å². The molecular weight excluding hydrogens is 312 g/mol. The van der Waals surface area contributed by atoms with Crippen molar-refractivity contribution in [3.63, 3.8) is 0 Å². The van der Waals surface area contributed by atoms with Crippen LogP contribution in [0.4, 0.5) is 14.5 Å². The van der Waals surface area contributed by atoms with Crippen LogP contribution in [0.2, 0.25) is 0 Å². The average Bonchev–Trinajstić information content (AvgIpc) is 3.14. The maximum Gasteiger partial charge on any atom is 0.216 e. The Bertz CT molecular complexity index is 1130. The first-order chi connectivity index (χ1) is 11.6. The molecule has 0 aliphatic heterocycles. The Morgan fingerprint density at radius 3 is 2.62 bits per heavy atom. The van der Waals surface area contributed by atoms with Crippen molar-refractivity contribution < 1.29 is 8.78 Å². The van der Waals surface area contributed by atoms with E-state index in [1.165, 1.54) is 6.33 Å². The van der Waals surface area contributed by atoms with Gasteiger partial charge in [0.1, 0.15) is 6.33 Å². The minimum atomic E-state index is -0.932. The molecular formula is C17H11F2N5. The van der Waals surface area contributed by atoms with E-state index < -0.39 is 11.6 Å². The summed E-state index contributed by atoms with van der Waals surface area (Å²) in [5.41, 5.74) is 2.84. The summed E-state index contributed by atoms with van der Waals surface area (Å²) in [5, 5.41) is 0. The molecule has 5 nitrogen and oxygen atoms in total. The second kappa shape index (κ2) is 5.13. The van der Waals surface area contributed by atoms with Crippen molar-refractivity contribution in [3.8, 4) is 5.95 Å². The van der Waals surface area contributed by atoms with Crippen LogP contribution in [-0.2, 0) is 6.54 Å². The van der Waals surface area contributed by atoms with Crippen LogP contribution in [0.5, 0.6) is 0 Å². The molecule has 4 aromatic rings. The van der Waals surface area contributed by atoms with Crippen LogP contribution in [-0.4, -0.2) is 19.1 Å². The van der Waals surface area contributed by atoms with Crippen molar-refractivity contribution in [3.05, 3.63) is 59.7 Å². The quantitative estimate of drug-likeness (QED) is 0.518. The van der Waals surface area contributed by atoms with Gasteiger partial charge in [-0.3, -0.25) is 4.57 Å². The zero-order chi connectivity index (χ0) is 16.8. The highest BCUT2D eigenvalue weighted by molar-refractivity contribution is 5.83. The fourth-order valence-corrected chi connectivity index (χ4v) is 2.83. The average molecular weight is 323 g/mol. The Labute approximate surface area is 135 Å². The third kappa shape index (κ3) is 1.97. The molecule has 2 aromatic carbocycles. The van der Waals surface area contributed by atoms with Crippen LogP contribution in [0.15, 0.2) is 36.7 Å². The van der Waals surface area contributed by atoms with Gasteiger partial charge in [0.25, 0.3) is 0 Å². The number of benzene rings is 2. The summed E-state index contributed by atoms with van der Waals surface area (Å²) in [4.78, 5) is 12.1. The van der Waals surface area contributed by atoms with E-state index in [1.54, 1.807) is 22.8 Å². The number of aromatic nitrogens is 4. The molecule has 0 aliphatic carbocycles. The normalized spacial score (nSPS) is 11.2. The van der Waals surface area contributed by atoms with Gasteiger partial charge >= 0.3 is 0 Å². The van der Waals surface area contributed by atoms with Crippen LogP contribution in [0.1, 0.15) is 6.92 Å². The van der Waals surface area contributed by atoms with E-state index in [0.29, 0.717) is 29.2 Å². The van der Waals surface area contributed by atoms with E-state index >= 15 is 0 Å². The molecule has 0 amide bonds. The lowest BCUT2D eigenvalue weighted by molar-refractivity contribution is 0.510. The summed E-state index contributed by atoms with van der Waals surface area (Å²) in [7, 11) is 0.